The van der Waals surface area contributed by atoms with Crippen LogP contribution in [0.4, 0.5) is 5.69 Å². The molecule has 26 heavy (non-hydrogen) atoms. The van der Waals surface area contributed by atoms with E-state index in [9.17, 15) is 0 Å². The predicted molar refractivity (Wildman–Crippen MR) is 108 cm³/mol. The molecule has 2 heteroatoms. The van der Waals surface area contributed by atoms with Crippen LogP contribution >= 0.6 is 0 Å². The number of fused-ring (bicyclic) bond motifs is 3. The fraction of sp³-hybridized carbons (Fsp3) is 0.208. The summed E-state index contributed by atoms with van der Waals surface area (Å²) in [5.74, 6) is 0.438. The lowest BCUT2D eigenvalue weighted by Gasteiger charge is -2.30. The standard InChI is InChI=1S/C24H22N2/c1-17-11-13-19(14-12-17)24-22-16-15-18-7-5-6-10-21(18)23(22)25-26(24)20-8-3-2-4-9-20/h2-14,22,24H,15-16H2,1H3. The number of para-hydroxylation sites is 1. The van der Waals surface area contributed by atoms with Gasteiger partial charge in [-0.1, -0.05) is 72.3 Å². The topological polar surface area (TPSA) is 15.6 Å². The monoisotopic (exact) mass is 338 g/mol. The average Bonchev–Trinajstić information content (AvgIpc) is 3.09. The van der Waals surface area contributed by atoms with Gasteiger partial charge in [0.1, 0.15) is 0 Å². The minimum Gasteiger partial charge on any atom is -0.257 e. The summed E-state index contributed by atoms with van der Waals surface area (Å²) < 4.78 is 0. The lowest BCUT2D eigenvalue weighted by molar-refractivity contribution is 0.510. The lowest BCUT2D eigenvalue weighted by Crippen LogP contribution is -2.28. The van der Waals surface area contributed by atoms with Crippen molar-refractivity contribution in [1.82, 2.24) is 0 Å². The summed E-state index contributed by atoms with van der Waals surface area (Å²) in [6, 6.07) is 28.6. The molecule has 1 aliphatic carbocycles. The van der Waals surface area contributed by atoms with Crippen molar-refractivity contribution >= 4 is 11.4 Å². The van der Waals surface area contributed by atoms with Crippen LogP contribution in [0.3, 0.4) is 0 Å². The van der Waals surface area contributed by atoms with E-state index in [2.05, 4.69) is 90.8 Å². The molecule has 0 N–H and O–H groups in total. The van der Waals surface area contributed by atoms with Crippen molar-refractivity contribution in [3.05, 3.63) is 101 Å². The first-order valence-electron chi connectivity index (χ1n) is 9.39. The normalized spacial score (nSPS) is 21.1. The van der Waals surface area contributed by atoms with Crippen LogP contribution in [-0.4, -0.2) is 5.71 Å². The summed E-state index contributed by atoms with van der Waals surface area (Å²) in [5, 5.41) is 7.39. The Morgan fingerprint density at radius 2 is 1.58 bits per heavy atom. The molecule has 128 valence electrons. The van der Waals surface area contributed by atoms with Gasteiger partial charge in [0.2, 0.25) is 0 Å². The molecule has 3 aromatic carbocycles. The SMILES string of the molecule is Cc1ccc(C2C3CCc4ccccc4C3=NN2c2ccccc2)cc1. The van der Waals surface area contributed by atoms with Gasteiger partial charge < -0.3 is 0 Å². The smallest absolute Gasteiger partial charge is 0.0860 e. The Bertz CT molecular complexity index is 957. The molecule has 0 saturated heterocycles. The summed E-state index contributed by atoms with van der Waals surface area (Å²) in [6.07, 6.45) is 2.28. The molecule has 2 nitrogen and oxygen atoms in total. The van der Waals surface area contributed by atoms with Crippen LogP contribution in [0.5, 0.6) is 0 Å². The molecule has 0 fully saturated rings. The first-order valence-corrected chi connectivity index (χ1v) is 9.39. The maximum absolute atomic E-state index is 5.15. The third-order valence-corrected chi connectivity index (χ3v) is 5.67. The van der Waals surface area contributed by atoms with E-state index in [1.807, 2.05) is 0 Å². The van der Waals surface area contributed by atoms with Crippen molar-refractivity contribution in [3.8, 4) is 0 Å². The Labute approximate surface area is 154 Å². The Hall–Kier alpha value is -2.87. The number of aryl methyl sites for hydroxylation is 2. The highest BCUT2D eigenvalue weighted by Crippen LogP contribution is 2.45. The first-order chi connectivity index (χ1) is 12.8. The molecule has 2 aliphatic rings. The van der Waals surface area contributed by atoms with Crippen LogP contribution in [0, 0.1) is 12.8 Å². The molecule has 0 spiro atoms. The summed E-state index contributed by atoms with van der Waals surface area (Å²) in [5.41, 5.74) is 7.83. The molecule has 0 radical (unpaired) electrons. The maximum Gasteiger partial charge on any atom is 0.0860 e. The van der Waals surface area contributed by atoms with Gasteiger partial charge in [0, 0.05) is 11.5 Å². The molecule has 1 aliphatic heterocycles. The zero-order valence-electron chi connectivity index (χ0n) is 15.0. The van der Waals surface area contributed by atoms with Crippen LogP contribution in [0.25, 0.3) is 0 Å². The minimum atomic E-state index is 0.265. The Morgan fingerprint density at radius 3 is 2.38 bits per heavy atom. The van der Waals surface area contributed by atoms with Gasteiger partial charge in [0.15, 0.2) is 0 Å². The van der Waals surface area contributed by atoms with Gasteiger partial charge in [0.25, 0.3) is 0 Å². The van der Waals surface area contributed by atoms with Gasteiger partial charge in [0.05, 0.1) is 17.4 Å². The lowest BCUT2D eigenvalue weighted by atomic mass is 9.77. The highest BCUT2D eigenvalue weighted by molar-refractivity contribution is 6.07. The van der Waals surface area contributed by atoms with Crippen molar-refractivity contribution in [1.29, 1.82) is 0 Å². The molecule has 0 amide bonds. The van der Waals surface area contributed by atoms with Crippen molar-refractivity contribution in [2.45, 2.75) is 25.8 Å². The summed E-state index contributed by atoms with van der Waals surface area (Å²) in [6.45, 7) is 2.15. The molecule has 3 aromatic rings. The highest BCUT2D eigenvalue weighted by Gasteiger charge is 2.41. The number of anilines is 1. The van der Waals surface area contributed by atoms with E-state index in [0.717, 1.165) is 18.5 Å². The number of nitrogens with zero attached hydrogens (tertiary/aromatic N) is 2. The van der Waals surface area contributed by atoms with Crippen molar-refractivity contribution in [3.63, 3.8) is 0 Å². The Balaban J connectivity index is 1.65. The van der Waals surface area contributed by atoms with Crippen LogP contribution in [0.15, 0.2) is 84.0 Å². The number of hydrazone groups is 1. The van der Waals surface area contributed by atoms with E-state index in [0.29, 0.717) is 5.92 Å². The van der Waals surface area contributed by atoms with Gasteiger partial charge in [-0.25, -0.2) is 0 Å². The van der Waals surface area contributed by atoms with Crippen molar-refractivity contribution < 1.29 is 0 Å². The van der Waals surface area contributed by atoms with Gasteiger partial charge in [-0.2, -0.15) is 5.10 Å². The molecule has 0 aromatic heterocycles. The molecular formula is C24H22N2. The van der Waals surface area contributed by atoms with Gasteiger partial charge in [-0.15, -0.1) is 0 Å². The second-order valence-corrected chi connectivity index (χ2v) is 7.32. The molecule has 0 saturated carbocycles. The molecule has 2 atom stereocenters. The van der Waals surface area contributed by atoms with Crippen molar-refractivity contribution in [2.24, 2.45) is 11.0 Å². The van der Waals surface area contributed by atoms with E-state index in [4.69, 9.17) is 5.10 Å². The quantitative estimate of drug-likeness (QED) is 0.600. The fourth-order valence-corrected chi connectivity index (χ4v) is 4.36. The Morgan fingerprint density at radius 1 is 0.846 bits per heavy atom. The summed E-state index contributed by atoms with van der Waals surface area (Å²) >= 11 is 0. The summed E-state index contributed by atoms with van der Waals surface area (Å²) in [7, 11) is 0. The second-order valence-electron chi connectivity index (χ2n) is 7.32. The van der Waals surface area contributed by atoms with Gasteiger partial charge in [-0.3, -0.25) is 5.01 Å². The highest BCUT2D eigenvalue weighted by atomic mass is 15.5. The number of hydrogen-bond donors (Lipinski definition) is 0. The van der Waals surface area contributed by atoms with Crippen molar-refractivity contribution in [2.75, 3.05) is 5.01 Å². The minimum absolute atomic E-state index is 0.265. The van der Waals surface area contributed by atoms with Crippen LogP contribution < -0.4 is 5.01 Å². The van der Waals surface area contributed by atoms with Crippen LogP contribution in [0.1, 0.15) is 34.7 Å². The molecule has 2 unspecified atom stereocenters. The number of rotatable bonds is 2. The third kappa shape index (κ3) is 2.45. The third-order valence-electron chi connectivity index (χ3n) is 5.67. The van der Waals surface area contributed by atoms with Gasteiger partial charge >= 0.3 is 0 Å². The summed E-state index contributed by atoms with van der Waals surface area (Å²) in [4.78, 5) is 0. The average molecular weight is 338 g/mol. The molecule has 0 bridgehead atoms. The number of hydrogen-bond acceptors (Lipinski definition) is 2. The van der Waals surface area contributed by atoms with E-state index >= 15 is 0 Å². The number of benzene rings is 3. The fourth-order valence-electron chi connectivity index (χ4n) is 4.36. The maximum atomic E-state index is 5.15. The zero-order chi connectivity index (χ0) is 17.5. The van der Waals surface area contributed by atoms with Crippen LogP contribution in [-0.2, 0) is 6.42 Å². The van der Waals surface area contributed by atoms with E-state index in [-0.39, 0.29) is 6.04 Å². The first kappa shape index (κ1) is 15.4. The predicted octanol–water partition coefficient (Wildman–Crippen LogP) is 5.52. The molecular weight excluding hydrogens is 316 g/mol. The second kappa shape index (κ2) is 6.14. The van der Waals surface area contributed by atoms with E-state index < -0.39 is 0 Å². The van der Waals surface area contributed by atoms with E-state index in [1.165, 1.54) is 28.0 Å². The Kier molecular flexibility index (Phi) is 3.63. The largest absolute Gasteiger partial charge is 0.257 e. The van der Waals surface area contributed by atoms with E-state index in [1.54, 1.807) is 0 Å². The zero-order valence-corrected chi connectivity index (χ0v) is 15.0. The van der Waals surface area contributed by atoms with Crippen LogP contribution in [0.2, 0.25) is 0 Å². The van der Waals surface area contributed by atoms with Gasteiger partial charge in [-0.05, 0) is 43.0 Å². The molecule has 5 rings (SSSR count). The molecule has 1 heterocycles.